The lowest BCUT2D eigenvalue weighted by Gasteiger charge is -2.24. The van der Waals surface area contributed by atoms with Crippen molar-refractivity contribution in [3.63, 3.8) is 0 Å². The molecule has 0 aliphatic rings. The first-order valence-corrected chi connectivity index (χ1v) is 11.0. The Morgan fingerprint density at radius 3 is 1.91 bits per heavy atom. The smallest absolute Gasteiger partial charge is 0.396 e. The highest BCUT2D eigenvalue weighted by molar-refractivity contribution is 7.89. The highest BCUT2D eigenvalue weighted by Gasteiger charge is 2.51. The highest BCUT2D eigenvalue weighted by atomic mass is 32.2. The summed E-state index contributed by atoms with van der Waals surface area (Å²) in [6.07, 6.45) is -4.65. The van der Waals surface area contributed by atoms with Crippen LogP contribution in [0.4, 0.5) is 13.2 Å². The molecule has 0 fully saturated rings. The molecule has 2 aromatic carbocycles. The van der Waals surface area contributed by atoms with Gasteiger partial charge in [0.05, 0.1) is 30.7 Å². The number of sulfonamides is 1. The van der Waals surface area contributed by atoms with Crippen LogP contribution in [-0.2, 0) is 29.1 Å². The number of hydrogen-bond donors (Lipinski definition) is 1. The Balaban J connectivity index is 2.67. The lowest BCUT2D eigenvalue weighted by molar-refractivity contribution is -0.194. The molecule has 0 aliphatic heterocycles. The molecule has 33 heavy (non-hydrogen) atoms. The maximum Gasteiger partial charge on any atom is 0.396 e. The van der Waals surface area contributed by atoms with Crippen LogP contribution < -0.4 is 4.72 Å². The van der Waals surface area contributed by atoms with Gasteiger partial charge in [-0.25, -0.2) is 8.42 Å². The van der Waals surface area contributed by atoms with E-state index < -0.39 is 45.7 Å². The van der Waals surface area contributed by atoms with E-state index in [1.807, 2.05) is 0 Å². The maximum atomic E-state index is 14.0. The normalized spacial score (nSPS) is 13.4. The second-order valence-electron chi connectivity index (χ2n) is 6.96. The molecule has 178 valence electrons. The van der Waals surface area contributed by atoms with Gasteiger partial charge in [0, 0.05) is 0 Å². The van der Waals surface area contributed by atoms with Crippen molar-refractivity contribution in [2.75, 3.05) is 14.2 Å². The molecule has 0 spiro atoms. The van der Waals surface area contributed by atoms with Gasteiger partial charge in [-0.1, -0.05) is 48.0 Å². The molecule has 0 saturated heterocycles. The summed E-state index contributed by atoms with van der Waals surface area (Å²) in [5, 5.41) is 0. The van der Waals surface area contributed by atoms with Gasteiger partial charge < -0.3 is 9.47 Å². The number of methoxy groups -OCH3 is 2. The molecule has 7 nitrogen and oxygen atoms in total. The Bertz CT molecular complexity index is 1100. The average molecular weight is 485 g/mol. The average Bonchev–Trinajstić information content (AvgIpc) is 2.77. The number of allylic oxidation sites excluding steroid dienone is 1. The summed E-state index contributed by atoms with van der Waals surface area (Å²) in [5.74, 6) is -8.10. The van der Waals surface area contributed by atoms with Crippen LogP contribution in [0, 0.1) is 18.8 Å². The van der Waals surface area contributed by atoms with Gasteiger partial charge in [-0.05, 0) is 30.7 Å². The zero-order chi connectivity index (χ0) is 24.8. The number of aryl methyl sites for hydroxylation is 1. The van der Waals surface area contributed by atoms with E-state index in [9.17, 15) is 31.2 Å². The summed E-state index contributed by atoms with van der Waals surface area (Å²) in [4.78, 5) is 23.9. The van der Waals surface area contributed by atoms with Crippen LogP contribution in [0.2, 0.25) is 0 Å². The number of nitrogens with one attached hydrogen (secondary N) is 1. The topological polar surface area (TPSA) is 98.8 Å². The van der Waals surface area contributed by atoms with Crippen LogP contribution in [0.25, 0.3) is 5.70 Å². The number of benzene rings is 2. The van der Waals surface area contributed by atoms with Crippen molar-refractivity contribution >= 4 is 27.7 Å². The van der Waals surface area contributed by atoms with E-state index in [1.54, 1.807) is 13.0 Å². The number of ether oxygens (including phenoxy) is 2. The predicted molar refractivity (Wildman–Crippen MR) is 113 cm³/mol. The van der Waals surface area contributed by atoms with Gasteiger partial charge in [0.15, 0.2) is 5.92 Å². The summed E-state index contributed by atoms with van der Waals surface area (Å²) < 4.78 is 78.7. The summed E-state index contributed by atoms with van der Waals surface area (Å²) in [7, 11) is -2.66. The third-order valence-electron chi connectivity index (χ3n) is 4.65. The molecule has 2 aromatic rings. The van der Waals surface area contributed by atoms with Gasteiger partial charge in [0.2, 0.25) is 0 Å². The number of carbonyl (C=O) groups excluding carboxylic acids is 2. The van der Waals surface area contributed by atoms with Crippen molar-refractivity contribution < 1.29 is 40.7 Å². The first-order chi connectivity index (χ1) is 15.4. The molecular weight excluding hydrogens is 463 g/mol. The second kappa shape index (κ2) is 10.5. The molecule has 0 aromatic heterocycles. The lowest BCUT2D eigenvalue weighted by Crippen LogP contribution is -2.40. The van der Waals surface area contributed by atoms with Gasteiger partial charge >= 0.3 is 18.1 Å². The minimum atomic E-state index is -5.12. The van der Waals surface area contributed by atoms with Crippen LogP contribution in [0.1, 0.15) is 11.1 Å². The zero-order valence-corrected chi connectivity index (χ0v) is 18.7. The van der Waals surface area contributed by atoms with Gasteiger partial charge in [-0.15, -0.1) is 0 Å². The number of rotatable bonds is 8. The van der Waals surface area contributed by atoms with Crippen molar-refractivity contribution in [1.82, 2.24) is 4.72 Å². The minimum absolute atomic E-state index is 0.0796. The fourth-order valence-corrected chi connectivity index (χ4v) is 4.02. The molecule has 1 atom stereocenters. The number of esters is 2. The molecule has 0 saturated carbocycles. The second-order valence-corrected chi connectivity index (χ2v) is 8.64. The Morgan fingerprint density at radius 2 is 1.45 bits per heavy atom. The Labute approximate surface area is 189 Å². The number of halogens is 3. The van der Waals surface area contributed by atoms with E-state index in [4.69, 9.17) is 0 Å². The summed E-state index contributed by atoms with van der Waals surface area (Å²) in [5.41, 5.74) is 0.385. The van der Waals surface area contributed by atoms with Crippen LogP contribution >= 0.6 is 0 Å². The first kappa shape index (κ1) is 25.9. The maximum absolute atomic E-state index is 14.0. The molecule has 0 unspecified atom stereocenters. The largest absolute Gasteiger partial charge is 0.468 e. The third-order valence-corrected chi connectivity index (χ3v) is 6.04. The molecule has 0 heterocycles. The summed E-state index contributed by atoms with van der Waals surface area (Å²) >= 11 is 0. The predicted octanol–water partition coefficient (Wildman–Crippen LogP) is 3.46. The van der Waals surface area contributed by atoms with Gasteiger partial charge in [-0.2, -0.15) is 13.2 Å². The van der Waals surface area contributed by atoms with E-state index >= 15 is 0 Å². The monoisotopic (exact) mass is 485 g/mol. The highest BCUT2D eigenvalue weighted by Crippen LogP contribution is 2.36. The van der Waals surface area contributed by atoms with Gasteiger partial charge in [0.1, 0.15) is 0 Å². The van der Waals surface area contributed by atoms with Crippen molar-refractivity contribution in [2.24, 2.45) is 11.8 Å². The van der Waals surface area contributed by atoms with E-state index in [2.05, 4.69) is 14.2 Å². The van der Waals surface area contributed by atoms with E-state index in [1.165, 1.54) is 48.5 Å². The fraction of sp³-hybridized carbons (Fsp3) is 0.273. The van der Waals surface area contributed by atoms with Gasteiger partial charge in [-0.3, -0.25) is 14.3 Å². The Kier molecular flexibility index (Phi) is 8.26. The van der Waals surface area contributed by atoms with Crippen LogP contribution in [0.15, 0.2) is 65.6 Å². The molecule has 0 bridgehead atoms. The Hall–Kier alpha value is -3.34. The summed E-state index contributed by atoms with van der Waals surface area (Å²) in [6.45, 7) is 1.74. The van der Waals surface area contributed by atoms with Gasteiger partial charge in [0.25, 0.3) is 10.0 Å². The third kappa shape index (κ3) is 6.58. The molecule has 0 amide bonds. The molecule has 11 heteroatoms. The molecular formula is C22H22F3NO6S. The molecule has 0 aliphatic carbocycles. The molecule has 2 rings (SSSR count). The molecule has 1 N–H and O–H groups in total. The lowest BCUT2D eigenvalue weighted by atomic mass is 9.89. The Morgan fingerprint density at radius 1 is 0.939 bits per heavy atom. The first-order valence-electron chi connectivity index (χ1n) is 9.49. The van der Waals surface area contributed by atoms with E-state index in [-0.39, 0.29) is 10.5 Å². The van der Waals surface area contributed by atoms with Crippen molar-refractivity contribution in [2.45, 2.75) is 18.0 Å². The fourth-order valence-electron chi connectivity index (χ4n) is 2.93. The van der Waals surface area contributed by atoms with Crippen molar-refractivity contribution in [1.29, 1.82) is 0 Å². The van der Waals surface area contributed by atoms with Crippen LogP contribution in [0.5, 0.6) is 0 Å². The quantitative estimate of drug-likeness (QED) is 0.454. The van der Waals surface area contributed by atoms with Crippen molar-refractivity contribution in [3.8, 4) is 0 Å². The summed E-state index contributed by atoms with van der Waals surface area (Å²) in [6, 6.07) is 13.0. The van der Waals surface area contributed by atoms with Crippen molar-refractivity contribution in [3.05, 3.63) is 71.8 Å². The number of hydrogen-bond acceptors (Lipinski definition) is 6. The number of alkyl halides is 3. The minimum Gasteiger partial charge on any atom is -0.468 e. The standard InChI is InChI=1S/C22H22F3NO6S/c1-14-9-11-16(12-10-14)33(29,30)26-18(15-7-5-4-6-8-15)13-17(22(23,24)25)19(20(27)31-2)21(28)32-3/h4-13,17,19,26H,1-3H3/b18-13+/t17-/m0/s1. The van der Waals surface area contributed by atoms with E-state index in [0.29, 0.717) is 6.08 Å². The van der Waals surface area contributed by atoms with Crippen LogP contribution in [-0.4, -0.2) is 40.8 Å². The zero-order valence-electron chi connectivity index (χ0n) is 17.9. The molecule has 0 radical (unpaired) electrons. The van der Waals surface area contributed by atoms with Crippen LogP contribution in [0.3, 0.4) is 0 Å². The van der Waals surface area contributed by atoms with E-state index in [0.717, 1.165) is 19.8 Å². The number of carbonyl (C=O) groups is 2. The SMILES string of the molecule is COC(=O)C(C(=O)OC)[C@H](/C=C(/NS(=O)(=O)c1ccc(C)cc1)c1ccccc1)C(F)(F)F.